The van der Waals surface area contributed by atoms with Crippen LogP contribution in [0.5, 0.6) is 0 Å². The molecule has 1 aliphatic carbocycles. The van der Waals surface area contributed by atoms with Gasteiger partial charge in [0.25, 0.3) is 0 Å². The minimum atomic E-state index is -0.608. The van der Waals surface area contributed by atoms with Gasteiger partial charge in [-0.25, -0.2) is 4.79 Å². The Balaban J connectivity index is 1.75. The first-order chi connectivity index (χ1) is 17.7. The number of likely N-dealkylation sites (N-methyl/N-ethyl adjacent to an activating group) is 1. The number of hydrogen-bond acceptors (Lipinski definition) is 4. The quantitative estimate of drug-likeness (QED) is 0.352. The van der Waals surface area contributed by atoms with Crippen molar-refractivity contribution in [1.82, 2.24) is 20.9 Å². The van der Waals surface area contributed by atoms with Crippen LogP contribution < -0.4 is 16.0 Å². The molecule has 2 aliphatic rings. The van der Waals surface area contributed by atoms with E-state index < -0.39 is 5.60 Å². The van der Waals surface area contributed by atoms with Crippen molar-refractivity contribution in [3.63, 3.8) is 0 Å². The van der Waals surface area contributed by atoms with E-state index >= 15 is 0 Å². The number of benzene rings is 1. The molecule has 0 radical (unpaired) electrons. The van der Waals surface area contributed by atoms with Gasteiger partial charge >= 0.3 is 6.03 Å². The fraction of sp³-hybridized carbons (Fsp3) is 0.733. The lowest BCUT2D eigenvalue weighted by atomic mass is 9.66. The van der Waals surface area contributed by atoms with Crippen LogP contribution in [0.15, 0.2) is 24.3 Å². The summed E-state index contributed by atoms with van der Waals surface area (Å²) in [6.07, 6.45) is 8.60. The number of amides is 3. The normalized spacial score (nSPS) is 22.9. The molecule has 2 fully saturated rings. The van der Waals surface area contributed by atoms with E-state index in [1.807, 2.05) is 18.9 Å². The number of carbonyl (C=O) groups is 2. The molecule has 3 amide bonds. The van der Waals surface area contributed by atoms with Gasteiger partial charge in [0.2, 0.25) is 5.91 Å². The minimum Gasteiger partial charge on any atom is -0.368 e. The molecule has 3 atom stereocenters. The van der Waals surface area contributed by atoms with Gasteiger partial charge in [0.1, 0.15) is 0 Å². The molecule has 0 bridgehead atoms. The molecule has 3 N–H and O–H groups in total. The van der Waals surface area contributed by atoms with Gasteiger partial charge in [-0.05, 0) is 51.6 Å². The summed E-state index contributed by atoms with van der Waals surface area (Å²) >= 11 is 0. The summed E-state index contributed by atoms with van der Waals surface area (Å²) in [4.78, 5) is 27.3. The summed E-state index contributed by atoms with van der Waals surface area (Å²) < 4.78 is 6.66. The van der Waals surface area contributed by atoms with Crippen LogP contribution in [0, 0.1) is 18.3 Å². The topological polar surface area (TPSA) is 82.7 Å². The van der Waals surface area contributed by atoms with Crippen molar-refractivity contribution in [2.45, 2.75) is 90.7 Å². The fourth-order valence-electron chi connectivity index (χ4n) is 6.27. The number of ether oxygens (including phenoxy) is 1. The molecular weight excluding hydrogens is 464 g/mol. The zero-order valence-corrected chi connectivity index (χ0v) is 23.8. The summed E-state index contributed by atoms with van der Waals surface area (Å²) in [7, 11) is 1.96. The van der Waals surface area contributed by atoms with E-state index in [9.17, 15) is 9.59 Å². The maximum Gasteiger partial charge on any atom is 0.317 e. The van der Waals surface area contributed by atoms with Gasteiger partial charge in [-0.2, -0.15) is 0 Å². The van der Waals surface area contributed by atoms with Gasteiger partial charge in [-0.15, -0.1) is 0 Å². The summed E-state index contributed by atoms with van der Waals surface area (Å²) in [5, 5.41) is 9.56. The molecule has 3 rings (SSSR count). The highest BCUT2D eigenvalue weighted by molar-refractivity contribution is 5.75. The molecule has 37 heavy (non-hydrogen) atoms. The van der Waals surface area contributed by atoms with Crippen molar-refractivity contribution in [2.75, 3.05) is 39.8 Å². The number of piperidine rings is 1. The van der Waals surface area contributed by atoms with Crippen LogP contribution in [0.4, 0.5) is 4.79 Å². The predicted octanol–water partition coefficient (Wildman–Crippen LogP) is 4.73. The number of nitrogens with one attached hydrogen (secondary N) is 3. The lowest BCUT2D eigenvalue weighted by molar-refractivity contribution is -0.143. The highest BCUT2D eigenvalue weighted by atomic mass is 16.5. The lowest BCUT2D eigenvalue weighted by Gasteiger charge is -2.51. The second-order valence-corrected chi connectivity index (χ2v) is 11.6. The Morgan fingerprint density at radius 1 is 1.24 bits per heavy atom. The van der Waals surface area contributed by atoms with E-state index in [4.69, 9.17) is 4.74 Å². The van der Waals surface area contributed by atoms with Crippen LogP contribution in [0.3, 0.4) is 0 Å². The fourth-order valence-corrected chi connectivity index (χ4v) is 6.27. The number of rotatable bonds is 12. The molecule has 7 nitrogen and oxygen atoms in total. The van der Waals surface area contributed by atoms with Gasteiger partial charge in [-0.1, -0.05) is 69.4 Å². The number of nitrogens with zero attached hydrogens (tertiary/aromatic N) is 1. The van der Waals surface area contributed by atoms with Crippen LogP contribution in [-0.4, -0.2) is 62.7 Å². The van der Waals surface area contributed by atoms with E-state index in [1.165, 1.54) is 31.2 Å². The van der Waals surface area contributed by atoms with Crippen LogP contribution in [-0.2, 0) is 15.1 Å². The average molecular weight is 515 g/mol. The van der Waals surface area contributed by atoms with Crippen LogP contribution in [0.2, 0.25) is 0 Å². The molecule has 2 unspecified atom stereocenters. The van der Waals surface area contributed by atoms with Gasteiger partial charge in [0, 0.05) is 44.1 Å². The molecule has 1 heterocycles. The SMILES string of the molecule is CCC(=O)NCCOC(C)(c1cccc(C)c1)C1(C)CCCN(C(=O)N[C@H](CNC)CC2CCCC2)C1. The first kappa shape index (κ1) is 29.4. The molecule has 7 heteroatoms. The average Bonchev–Trinajstić information content (AvgIpc) is 3.39. The first-order valence-corrected chi connectivity index (χ1v) is 14.4. The van der Waals surface area contributed by atoms with Crippen molar-refractivity contribution in [3.05, 3.63) is 35.4 Å². The van der Waals surface area contributed by atoms with Crippen molar-refractivity contribution in [2.24, 2.45) is 11.3 Å². The zero-order valence-electron chi connectivity index (χ0n) is 23.8. The van der Waals surface area contributed by atoms with E-state index in [0.717, 1.165) is 43.8 Å². The standard InChI is InChI=1S/C30H50N4O3/c1-6-27(35)32-16-18-37-30(4,25-14-9-11-23(2)19-25)29(3)15-10-17-34(22-29)28(36)33-26(21-31-5)20-24-12-7-8-13-24/h9,11,14,19,24,26,31H,6-8,10,12-13,15-18,20-22H2,1-5H3,(H,32,35)(H,33,36)/t26-,29?,30?/m0/s1. The van der Waals surface area contributed by atoms with Gasteiger partial charge in [0.05, 0.1) is 12.2 Å². The van der Waals surface area contributed by atoms with E-state index in [0.29, 0.717) is 26.1 Å². The lowest BCUT2D eigenvalue weighted by Crippen LogP contribution is -2.58. The van der Waals surface area contributed by atoms with Crippen molar-refractivity contribution < 1.29 is 14.3 Å². The number of hydrogen-bond donors (Lipinski definition) is 3. The first-order valence-electron chi connectivity index (χ1n) is 14.4. The monoisotopic (exact) mass is 514 g/mol. The molecule has 1 aromatic carbocycles. The van der Waals surface area contributed by atoms with Crippen molar-refractivity contribution in [3.8, 4) is 0 Å². The largest absolute Gasteiger partial charge is 0.368 e. The van der Waals surface area contributed by atoms with Gasteiger partial charge in [0.15, 0.2) is 0 Å². The van der Waals surface area contributed by atoms with E-state index in [-0.39, 0.29) is 23.4 Å². The van der Waals surface area contributed by atoms with Crippen LogP contribution in [0.25, 0.3) is 0 Å². The molecule has 1 saturated heterocycles. The minimum absolute atomic E-state index is 0.0290. The second-order valence-electron chi connectivity index (χ2n) is 11.6. The highest BCUT2D eigenvalue weighted by Crippen LogP contribution is 2.48. The number of likely N-dealkylation sites (tertiary alicyclic amines) is 1. The summed E-state index contributed by atoms with van der Waals surface area (Å²) in [5.41, 5.74) is 1.41. The van der Waals surface area contributed by atoms with Crippen LogP contribution in [0.1, 0.15) is 83.3 Å². The Kier molecular flexibility index (Phi) is 10.8. The third-order valence-corrected chi connectivity index (χ3v) is 8.71. The van der Waals surface area contributed by atoms with E-state index in [2.05, 4.69) is 61.0 Å². The van der Waals surface area contributed by atoms with Crippen molar-refractivity contribution >= 4 is 11.9 Å². The summed E-state index contributed by atoms with van der Waals surface area (Å²) in [6.45, 7) is 11.4. The number of urea groups is 1. The summed E-state index contributed by atoms with van der Waals surface area (Å²) in [6, 6.07) is 8.68. The Bertz CT molecular complexity index is 887. The molecule has 0 spiro atoms. The molecule has 0 aromatic heterocycles. The van der Waals surface area contributed by atoms with Crippen LogP contribution >= 0.6 is 0 Å². The molecule has 1 saturated carbocycles. The van der Waals surface area contributed by atoms with Gasteiger partial charge in [-0.3, -0.25) is 4.79 Å². The predicted molar refractivity (Wildman–Crippen MR) is 150 cm³/mol. The van der Waals surface area contributed by atoms with Gasteiger partial charge < -0.3 is 25.6 Å². The third-order valence-electron chi connectivity index (χ3n) is 8.71. The molecule has 208 valence electrons. The Morgan fingerprint density at radius 3 is 2.68 bits per heavy atom. The Labute approximate surface area is 224 Å². The second kappa shape index (κ2) is 13.6. The van der Waals surface area contributed by atoms with E-state index in [1.54, 1.807) is 0 Å². The number of aryl methyl sites for hydroxylation is 1. The third kappa shape index (κ3) is 7.70. The maximum atomic E-state index is 13.5. The molecule has 1 aromatic rings. The highest BCUT2D eigenvalue weighted by Gasteiger charge is 2.50. The Morgan fingerprint density at radius 2 is 2.00 bits per heavy atom. The zero-order chi connectivity index (χ0) is 26.9. The smallest absolute Gasteiger partial charge is 0.317 e. The Hall–Kier alpha value is -2.12. The summed E-state index contributed by atoms with van der Waals surface area (Å²) in [5.74, 6) is 0.748. The van der Waals surface area contributed by atoms with Crippen molar-refractivity contribution in [1.29, 1.82) is 0 Å². The molecular formula is C30H50N4O3. The number of carbonyl (C=O) groups excluding carboxylic acids is 2. The maximum absolute atomic E-state index is 13.5. The molecule has 1 aliphatic heterocycles.